The van der Waals surface area contributed by atoms with Crippen LogP contribution in [0.15, 0.2) is 97.3 Å². The quantitative estimate of drug-likeness (QED) is 0.0242. The Morgan fingerprint density at radius 3 is 1.36 bits per heavy atom. The van der Waals surface area contributed by atoms with E-state index in [0.717, 1.165) is 40.2 Å². The molecule has 2 atom stereocenters. The Bertz CT molecular complexity index is 2690. The van der Waals surface area contributed by atoms with Crippen molar-refractivity contribution in [2.24, 2.45) is 11.8 Å². The van der Waals surface area contributed by atoms with Crippen molar-refractivity contribution in [1.29, 1.82) is 0 Å². The van der Waals surface area contributed by atoms with Gasteiger partial charge in [-0.25, -0.2) is 19.6 Å². The topological polar surface area (TPSA) is 291 Å². The van der Waals surface area contributed by atoms with Crippen molar-refractivity contribution in [3.63, 3.8) is 0 Å². The van der Waals surface area contributed by atoms with Crippen molar-refractivity contribution in [3.05, 3.63) is 140 Å². The number of aliphatic carboxylic acids is 1. The maximum atomic E-state index is 12.5. The Morgan fingerprint density at radius 1 is 0.639 bits per heavy atom. The number of aliphatic hydroxyl groups excluding tert-OH is 3. The first kappa shape index (κ1) is 59.9. The van der Waals surface area contributed by atoms with Gasteiger partial charge in [0.25, 0.3) is 11.8 Å². The van der Waals surface area contributed by atoms with E-state index < -0.39 is 42.5 Å². The summed E-state index contributed by atoms with van der Waals surface area (Å²) in [5, 5.41) is 74.0. The summed E-state index contributed by atoms with van der Waals surface area (Å²) in [4.78, 5) is 48.8. The first-order valence-corrected chi connectivity index (χ1v) is 22.9. The average molecular weight is 1080 g/mol. The van der Waals surface area contributed by atoms with Crippen molar-refractivity contribution in [3.8, 4) is 22.3 Å². The second-order valence-corrected chi connectivity index (χ2v) is 18.0. The molecule has 72 heavy (non-hydrogen) atoms. The van der Waals surface area contributed by atoms with Crippen LogP contribution in [-0.2, 0) is 27.4 Å². The summed E-state index contributed by atoms with van der Waals surface area (Å²) in [5.41, 5.74) is 9.33. The molecule has 0 aliphatic rings. The molecule has 388 valence electrons. The lowest BCUT2D eigenvalue weighted by Crippen LogP contribution is -2.47. The van der Waals surface area contributed by atoms with Gasteiger partial charge in [0.2, 0.25) is 0 Å². The normalized spacial score (nSPS) is 11.7. The minimum atomic E-state index is -1.74. The van der Waals surface area contributed by atoms with Gasteiger partial charge in [-0.1, -0.05) is 140 Å². The molecule has 25 heteroatoms. The summed E-state index contributed by atoms with van der Waals surface area (Å²) in [5.74, 6) is -3.11. The van der Waals surface area contributed by atoms with E-state index in [2.05, 4.69) is 31.5 Å². The molecule has 0 radical (unpaired) electrons. The zero-order chi connectivity index (χ0) is 52.4. The molecule has 0 fully saturated rings. The standard InChI is InChI=1S/C23H25Cl2N5O5.C19H17Cl2N5O5.C4H10O.CH4/c1-14(2)13-35-23(33)21(31)12-29(27-22(32)20-11-30(34)28-26-20)10-15-3-5-16(6-4-15)18-9-17(24)7-8-19(18)25;20-13-5-6-15(21)14(7-13)12-3-1-11(2-4-12)8-25(10-17(27)19(29)30)23-18(28)16-9-26(31)24-22-16;1-4(2)3-5;/h3-9,11,14,21,31,34H,10,12-13H2,1-2H3,(H,27,32);1-7,9,17,27,31H,8,10H2,(H,23,28)(H,29,30);4-5H,3H2,1-2H3;1H4/t21-;17-;;/m11../s1. The number of carboxylic acid groups (broad SMARTS) is 1. The number of ether oxygens (including phenoxy) is 1. The lowest BCUT2D eigenvalue weighted by atomic mass is 10.0. The maximum absolute atomic E-state index is 12.5. The van der Waals surface area contributed by atoms with E-state index in [0.29, 0.717) is 47.9 Å². The molecule has 6 aromatic rings. The number of hydrogen-bond acceptors (Lipinski definition) is 16. The molecule has 2 aromatic heterocycles. The van der Waals surface area contributed by atoms with Crippen LogP contribution in [0.4, 0.5) is 0 Å². The molecule has 8 N–H and O–H groups in total. The molecule has 0 aliphatic carbocycles. The number of aliphatic hydroxyl groups is 3. The molecule has 21 nitrogen and oxygen atoms in total. The van der Waals surface area contributed by atoms with Gasteiger partial charge in [-0.2, -0.15) is 0 Å². The molecule has 0 unspecified atom stereocenters. The highest BCUT2D eigenvalue weighted by Crippen LogP contribution is 2.32. The van der Waals surface area contributed by atoms with Gasteiger partial charge in [0.15, 0.2) is 23.6 Å². The van der Waals surface area contributed by atoms with Gasteiger partial charge in [-0.3, -0.25) is 20.4 Å². The van der Waals surface area contributed by atoms with E-state index in [4.69, 9.17) is 66.6 Å². The van der Waals surface area contributed by atoms with Gasteiger partial charge in [-0.05, 0) is 80.9 Å². The predicted molar refractivity (Wildman–Crippen MR) is 268 cm³/mol. The molecule has 0 spiro atoms. The van der Waals surface area contributed by atoms with Crippen molar-refractivity contribution >= 4 is 70.2 Å². The lowest BCUT2D eigenvalue weighted by molar-refractivity contribution is -0.156. The summed E-state index contributed by atoms with van der Waals surface area (Å²) < 4.78 is 5.08. The van der Waals surface area contributed by atoms with Gasteiger partial charge in [0.05, 0.1) is 32.1 Å². The number of aromatic nitrogens is 6. The van der Waals surface area contributed by atoms with Gasteiger partial charge in [0.1, 0.15) is 0 Å². The van der Waals surface area contributed by atoms with Gasteiger partial charge in [0, 0.05) is 50.9 Å². The van der Waals surface area contributed by atoms with Gasteiger partial charge < -0.3 is 35.6 Å². The highest BCUT2D eigenvalue weighted by molar-refractivity contribution is 6.36. The number of nitrogens with one attached hydrogen (secondary N) is 2. The van der Waals surface area contributed by atoms with E-state index in [1.54, 1.807) is 60.7 Å². The SMILES string of the molecule is C.CC(C)CO.CC(C)COC(=O)[C@H](O)CN(Cc1ccc(-c2cc(Cl)ccc2Cl)cc1)NC(=O)c1cn(O)nn1.O=C(NN(Cc1ccc(-c2cc(Cl)ccc2Cl)cc1)C[C@@H](O)C(=O)O)c1cn(O)nn1. The molecule has 0 aliphatic heterocycles. The third-order valence-electron chi connectivity index (χ3n) is 9.35. The van der Waals surface area contributed by atoms with Crippen molar-refractivity contribution in [2.45, 2.75) is 60.4 Å². The number of carbonyl (C=O) groups is 4. The lowest BCUT2D eigenvalue weighted by Gasteiger charge is -2.25. The largest absolute Gasteiger partial charge is 0.479 e. The van der Waals surface area contributed by atoms with Gasteiger partial charge >= 0.3 is 11.9 Å². The van der Waals surface area contributed by atoms with Crippen LogP contribution in [0.3, 0.4) is 0 Å². The summed E-state index contributed by atoms with van der Waals surface area (Å²) in [6, 6.07) is 24.8. The summed E-state index contributed by atoms with van der Waals surface area (Å²) in [6.07, 6.45) is -1.25. The Hall–Kier alpha value is -6.40. The number of carbonyl (C=O) groups excluding carboxylic acids is 3. The number of esters is 1. The molecule has 0 saturated carbocycles. The third-order valence-corrected chi connectivity index (χ3v) is 10.5. The molecular formula is C47H56Cl4N10O11. The zero-order valence-corrected chi connectivity index (χ0v) is 41.6. The van der Waals surface area contributed by atoms with Crippen molar-refractivity contribution < 1.29 is 54.8 Å². The number of benzene rings is 4. The first-order chi connectivity index (χ1) is 33.6. The number of hydrazine groups is 2. The number of amides is 2. The summed E-state index contributed by atoms with van der Waals surface area (Å²) >= 11 is 24.6. The Kier molecular flexibility index (Phi) is 24.3. The molecule has 6 rings (SSSR count). The van der Waals surface area contributed by atoms with Crippen LogP contribution in [0, 0.1) is 11.8 Å². The van der Waals surface area contributed by atoms with Crippen LogP contribution in [-0.4, -0.2) is 133 Å². The fraction of sp³-hybridized carbons (Fsp3) is 0.319. The first-order valence-electron chi connectivity index (χ1n) is 21.4. The number of carboxylic acids is 1. The number of hydrogen-bond donors (Lipinski definition) is 8. The zero-order valence-electron chi connectivity index (χ0n) is 38.6. The van der Waals surface area contributed by atoms with Crippen LogP contribution in [0.25, 0.3) is 22.3 Å². The van der Waals surface area contributed by atoms with Crippen LogP contribution >= 0.6 is 46.4 Å². The summed E-state index contributed by atoms with van der Waals surface area (Å²) in [7, 11) is 0. The van der Waals surface area contributed by atoms with Crippen LogP contribution in [0.5, 0.6) is 0 Å². The van der Waals surface area contributed by atoms with E-state index in [9.17, 15) is 34.6 Å². The van der Waals surface area contributed by atoms with Crippen LogP contribution in [0.1, 0.15) is 67.2 Å². The second-order valence-electron chi connectivity index (χ2n) is 16.3. The summed E-state index contributed by atoms with van der Waals surface area (Å²) in [6.45, 7) is 7.73. The van der Waals surface area contributed by atoms with E-state index in [1.165, 1.54) is 10.0 Å². The molecule has 4 aromatic carbocycles. The second kappa shape index (κ2) is 29.2. The van der Waals surface area contributed by atoms with Crippen molar-refractivity contribution in [2.75, 3.05) is 26.3 Å². The average Bonchev–Trinajstić information content (AvgIpc) is 3.98. The predicted octanol–water partition coefficient (Wildman–Crippen LogP) is 6.55. The van der Waals surface area contributed by atoms with E-state index in [1.807, 2.05) is 52.0 Å². The number of rotatable bonds is 19. The third kappa shape index (κ3) is 19.7. The Morgan fingerprint density at radius 2 is 1.03 bits per heavy atom. The molecular weight excluding hydrogens is 1020 g/mol. The maximum Gasteiger partial charge on any atom is 0.336 e. The highest BCUT2D eigenvalue weighted by atomic mass is 35.5. The Labute approximate surface area is 434 Å². The minimum absolute atomic E-state index is 0. The highest BCUT2D eigenvalue weighted by Gasteiger charge is 2.25. The number of halogens is 4. The minimum Gasteiger partial charge on any atom is -0.479 e. The Balaban J connectivity index is 0.000000345. The molecule has 0 bridgehead atoms. The fourth-order valence-corrected chi connectivity index (χ4v) is 6.59. The fourth-order valence-electron chi connectivity index (χ4n) is 5.79. The number of nitrogens with zero attached hydrogens (tertiary/aromatic N) is 8. The van der Waals surface area contributed by atoms with Crippen LogP contribution < -0.4 is 10.9 Å². The monoisotopic (exact) mass is 1080 g/mol. The van der Waals surface area contributed by atoms with Gasteiger partial charge in [-0.15, -0.1) is 10.2 Å². The van der Waals surface area contributed by atoms with E-state index in [-0.39, 0.29) is 51.0 Å². The molecule has 2 amide bonds. The van der Waals surface area contributed by atoms with E-state index >= 15 is 0 Å². The molecule has 2 heterocycles. The van der Waals surface area contributed by atoms with Crippen LogP contribution in [0.2, 0.25) is 20.1 Å². The smallest absolute Gasteiger partial charge is 0.336 e. The molecule has 0 saturated heterocycles. The van der Waals surface area contributed by atoms with Crippen molar-refractivity contribution in [1.82, 2.24) is 51.2 Å².